The molecule has 2 aromatic rings. The smallest absolute Gasteiger partial charge is 0.255 e. The van der Waals surface area contributed by atoms with Crippen molar-refractivity contribution in [3.63, 3.8) is 0 Å². The topological polar surface area (TPSA) is 59.1 Å². The van der Waals surface area contributed by atoms with Crippen molar-refractivity contribution in [3.05, 3.63) is 37.7 Å². The van der Waals surface area contributed by atoms with Gasteiger partial charge in [0.05, 0.1) is 5.69 Å². The van der Waals surface area contributed by atoms with Crippen molar-refractivity contribution in [2.24, 2.45) is 0 Å². The van der Waals surface area contributed by atoms with Crippen LogP contribution >= 0.6 is 43.2 Å². The Morgan fingerprint density at radius 2 is 2.05 bits per heavy atom. The zero-order chi connectivity index (χ0) is 14.9. The van der Waals surface area contributed by atoms with Crippen molar-refractivity contribution in [2.75, 3.05) is 4.72 Å². The van der Waals surface area contributed by atoms with Gasteiger partial charge in [0.25, 0.3) is 10.0 Å². The van der Waals surface area contributed by atoms with E-state index < -0.39 is 10.0 Å². The molecule has 0 aliphatic carbocycles. The number of hydrogen-bond donors (Lipinski definition) is 1. The van der Waals surface area contributed by atoms with Crippen LogP contribution in [0.5, 0.6) is 0 Å². The fourth-order valence-corrected chi connectivity index (χ4v) is 5.29. The average Bonchev–Trinajstić information content (AvgIpc) is 2.71. The van der Waals surface area contributed by atoms with Crippen LogP contribution in [0.15, 0.2) is 32.0 Å². The lowest BCUT2D eigenvalue weighted by atomic mass is 10.3. The molecule has 0 saturated heterocycles. The second-order valence-electron chi connectivity index (χ2n) is 4.06. The number of sulfonamides is 1. The van der Waals surface area contributed by atoms with Gasteiger partial charge in [-0.3, -0.25) is 4.72 Å². The molecule has 8 heteroatoms. The third kappa shape index (κ3) is 3.41. The van der Waals surface area contributed by atoms with Crippen molar-refractivity contribution in [1.82, 2.24) is 4.98 Å². The van der Waals surface area contributed by atoms with Gasteiger partial charge in [0.15, 0.2) is 5.13 Å². The number of rotatable bonds is 4. The standard InChI is InChI=1S/C12H12Br2N2O2S2/c1-3-10-7(2)19-12(15-10)16-20(17,18)11-6-8(13)4-5-9(11)14/h4-6H,3H2,1-2H3,(H,15,16). The lowest BCUT2D eigenvalue weighted by Gasteiger charge is -2.07. The number of halogens is 2. The number of thiazole rings is 1. The third-order valence-corrected chi connectivity index (χ3v) is 6.52. The Bertz CT molecular complexity index is 742. The molecule has 1 heterocycles. The maximum Gasteiger partial charge on any atom is 0.264 e. The molecule has 1 aromatic carbocycles. The first-order chi connectivity index (χ1) is 9.33. The van der Waals surface area contributed by atoms with Crippen LogP contribution in [0.25, 0.3) is 0 Å². The van der Waals surface area contributed by atoms with E-state index in [1.807, 2.05) is 13.8 Å². The average molecular weight is 440 g/mol. The molecule has 0 radical (unpaired) electrons. The molecule has 0 unspecified atom stereocenters. The largest absolute Gasteiger partial charge is 0.264 e. The first kappa shape index (κ1) is 15.9. The number of nitrogens with zero attached hydrogens (tertiary/aromatic N) is 1. The zero-order valence-corrected chi connectivity index (χ0v) is 15.6. The highest BCUT2D eigenvalue weighted by Crippen LogP contribution is 2.29. The minimum Gasteiger partial charge on any atom is -0.255 e. The summed E-state index contributed by atoms with van der Waals surface area (Å²) in [5.41, 5.74) is 0.918. The van der Waals surface area contributed by atoms with Crippen LogP contribution < -0.4 is 4.72 Å². The minimum atomic E-state index is -3.66. The van der Waals surface area contributed by atoms with Crippen LogP contribution in [0.3, 0.4) is 0 Å². The van der Waals surface area contributed by atoms with Gasteiger partial charge in [0, 0.05) is 13.8 Å². The van der Waals surface area contributed by atoms with Crippen molar-refractivity contribution < 1.29 is 8.42 Å². The molecule has 0 aliphatic rings. The van der Waals surface area contributed by atoms with Gasteiger partial charge in [0.1, 0.15) is 4.90 Å². The Hall–Kier alpha value is -0.440. The molecular weight excluding hydrogens is 428 g/mol. The van der Waals surface area contributed by atoms with Gasteiger partial charge >= 0.3 is 0 Å². The van der Waals surface area contributed by atoms with Crippen LogP contribution in [-0.4, -0.2) is 13.4 Å². The van der Waals surface area contributed by atoms with Gasteiger partial charge in [-0.25, -0.2) is 13.4 Å². The Morgan fingerprint density at radius 3 is 2.65 bits per heavy atom. The van der Waals surface area contributed by atoms with Crippen LogP contribution in [0.2, 0.25) is 0 Å². The summed E-state index contributed by atoms with van der Waals surface area (Å²) >= 11 is 7.87. The quantitative estimate of drug-likeness (QED) is 0.770. The number of anilines is 1. The van der Waals surface area contributed by atoms with Gasteiger partial charge in [-0.2, -0.15) is 0 Å². The molecule has 4 nitrogen and oxygen atoms in total. The second-order valence-corrected chi connectivity index (χ2v) is 8.68. The third-order valence-electron chi connectivity index (χ3n) is 2.63. The number of aromatic nitrogens is 1. The predicted octanol–water partition coefficient (Wildman–Crippen LogP) is 4.34. The van der Waals surface area contributed by atoms with Gasteiger partial charge in [-0.05, 0) is 47.5 Å². The molecule has 0 spiro atoms. The monoisotopic (exact) mass is 438 g/mol. The van der Waals surface area contributed by atoms with Crippen molar-refractivity contribution in [3.8, 4) is 0 Å². The summed E-state index contributed by atoms with van der Waals surface area (Å²) in [4.78, 5) is 5.50. The van der Waals surface area contributed by atoms with Crippen molar-refractivity contribution in [1.29, 1.82) is 0 Å². The summed E-state index contributed by atoms with van der Waals surface area (Å²) in [6, 6.07) is 5.00. The molecule has 2 rings (SSSR count). The number of aryl methyl sites for hydroxylation is 2. The highest BCUT2D eigenvalue weighted by atomic mass is 79.9. The molecule has 0 fully saturated rings. The Labute approximate surface area is 138 Å². The maximum absolute atomic E-state index is 12.4. The molecule has 0 bridgehead atoms. The van der Waals surface area contributed by atoms with E-state index >= 15 is 0 Å². The van der Waals surface area contributed by atoms with Crippen LogP contribution in [0.1, 0.15) is 17.5 Å². The Balaban J connectivity index is 2.37. The Morgan fingerprint density at radius 1 is 1.35 bits per heavy atom. The lowest BCUT2D eigenvalue weighted by Crippen LogP contribution is -2.13. The number of benzene rings is 1. The molecular formula is C12H12Br2N2O2S2. The molecule has 0 atom stereocenters. The molecule has 20 heavy (non-hydrogen) atoms. The molecule has 0 aliphatic heterocycles. The number of hydrogen-bond acceptors (Lipinski definition) is 4. The summed E-state index contributed by atoms with van der Waals surface area (Å²) in [5, 5.41) is 0.395. The van der Waals surface area contributed by atoms with Crippen LogP contribution in [0.4, 0.5) is 5.13 Å². The van der Waals surface area contributed by atoms with E-state index in [1.165, 1.54) is 11.3 Å². The summed E-state index contributed by atoms with van der Waals surface area (Å²) in [7, 11) is -3.66. The molecule has 0 amide bonds. The van der Waals surface area contributed by atoms with E-state index in [2.05, 4.69) is 41.6 Å². The van der Waals surface area contributed by atoms with Crippen LogP contribution in [0, 0.1) is 6.92 Å². The highest BCUT2D eigenvalue weighted by molar-refractivity contribution is 9.11. The molecule has 1 aromatic heterocycles. The fourth-order valence-electron chi connectivity index (χ4n) is 1.65. The normalized spacial score (nSPS) is 11.6. The van der Waals surface area contributed by atoms with Crippen molar-refractivity contribution >= 4 is 58.4 Å². The molecule has 0 saturated carbocycles. The van der Waals surface area contributed by atoms with E-state index in [0.717, 1.165) is 17.0 Å². The Kier molecular flexibility index (Phi) is 4.88. The SMILES string of the molecule is CCc1nc(NS(=O)(=O)c2cc(Br)ccc2Br)sc1C. The van der Waals surface area contributed by atoms with Gasteiger partial charge in [-0.15, -0.1) is 11.3 Å². The minimum absolute atomic E-state index is 0.178. The lowest BCUT2D eigenvalue weighted by molar-refractivity contribution is 0.600. The summed E-state index contributed by atoms with van der Waals surface area (Å²) in [5.74, 6) is 0. The number of nitrogens with one attached hydrogen (secondary N) is 1. The maximum atomic E-state index is 12.4. The zero-order valence-electron chi connectivity index (χ0n) is 10.8. The van der Waals surface area contributed by atoms with E-state index in [9.17, 15) is 8.42 Å². The molecule has 108 valence electrons. The highest BCUT2D eigenvalue weighted by Gasteiger charge is 2.20. The fraction of sp³-hybridized carbons (Fsp3) is 0.250. The van der Waals surface area contributed by atoms with Gasteiger partial charge in [-0.1, -0.05) is 22.9 Å². The first-order valence-corrected chi connectivity index (χ1v) is 9.66. The summed E-state index contributed by atoms with van der Waals surface area (Å²) < 4.78 is 28.5. The van der Waals surface area contributed by atoms with Gasteiger partial charge < -0.3 is 0 Å². The molecule has 1 N–H and O–H groups in total. The predicted molar refractivity (Wildman–Crippen MR) is 88.9 cm³/mol. The van der Waals surface area contributed by atoms with Gasteiger partial charge in [0.2, 0.25) is 0 Å². The second kappa shape index (κ2) is 6.13. The van der Waals surface area contributed by atoms with E-state index in [-0.39, 0.29) is 4.90 Å². The van der Waals surface area contributed by atoms with E-state index in [0.29, 0.717) is 14.1 Å². The van der Waals surface area contributed by atoms with E-state index in [1.54, 1.807) is 18.2 Å². The summed E-state index contributed by atoms with van der Waals surface area (Å²) in [6.07, 6.45) is 0.782. The van der Waals surface area contributed by atoms with E-state index in [4.69, 9.17) is 0 Å². The van der Waals surface area contributed by atoms with Crippen LogP contribution in [-0.2, 0) is 16.4 Å². The van der Waals surface area contributed by atoms with Crippen molar-refractivity contribution in [2.45, 2.75) is 25.2 Å². The first-order valence-electron chi connectivity index (χ1n) is 5.77. The summed E-state index contributed by atoms with van der Waals surface area (Å²) in [6.45, 7) is 3.93.